The maximum Gasteiger partial charge on any atom is 0.248 e. The summed E-state index contributed by atoms with van der Waals surface area (Å²) in [5, 5.41) is 2.75. The Hall–Kier alpha value is -3.99. The van der Waals surface area contributed by atoms with Crippen molar-refractivity contribution in [2.75, 3.05) is 11.9 Å². The number of hydrogen-bond acceptors (Lipinski definition) is 4. The second-order valence-corrected chi connectivity index (χ2v) is 7.20. The van der Waals surface area contributed by atoms with Gasteiger partial charge < -0.3 is 10.1 Å². The molecule has 0 unspecified atom stereocenters. The highest BCUT2D eigenvalue weighted by Gasteiger charge is 2.29. The smallest absolute Gasteiger partial charge is 0.248 e. The van der Waals surface area contributed by atoms with Crippen LogP contribution in [0.4, 0.5) is 5.69 Å². The van der Waals surface area contributed by atoms with Gasteiger partial charge in [-0.3, -0.25) is 14.4 Å². The lowest BCUT2D eigenvalue weighted by Gasteiger charge is -2.18. The fraction of sp³-hybridized carbons (Fsp3) is 0.115. The van der Waals surface area contributed by atoms with E-state index in [1.807, 2.05) is 31.2 Å². The molecule has 0 bridgehead atoms. The minimum absolute atomic E-state index is 0.186. The highest BCUT2D eigenvalue weighted by molar-refractivity contribution is 6.28. The first-order valence-corrected chi connectivity index (χ1v) is 10.1. The zero-order valence-corrected chi connectivity index (χ0v) is 17.1. The van der Waals surface area contributed by atoms with Crippen LogP contribution in [0.2, 0.25) is 0 Å². The highest BCUT2D eigenvalue weighted by atomic mass is 16.5. The second kappa shape index (κ2) is 8.79. The lowest BCUT2D eigenvalue weighted by molar-refractivity contribution is -0.111. The van der Waals surface area contributed by atoms with Crippen molar-refractivity contribution < 1.29 is 19.1 Å². The number of nitrogens with one attached hydrogen (secondary N) is 1. The van der Waals surface area contributed by atoms with Crippen molar-refractivity contribution in [3.05, 3.63) is 101 Å². The fourth-order valence-electron chi connectivity index (χ4n) is 3.43. The molecule has 3 aromatic rings. The first kappa shape index (κ1) is 20.3. The summed E-state index contributed by atoms with van der Waals surface area (Å²) in [7, 11) is 0. The number of carbonyl (C=O) groups is 3. The van der Waals surface area contributed by atoms with Crippen molar-refractivity contribution in [3.8, 4) is 5.75 Å². The Balaban J connectivity index is 1.46. The van der Waals surface area contributed by atoms with Crippen molar-refractivity contribution in [3.63, 3.8) is 0 Å². The van der Waals surface area contributed by atoms with Gasteiger partial charge in [-0.2, -0.15) is 0 Å². The zero-order chi connectivity index (χ0) is 21.8. The summed E-state index contributed by atoms with van der Waals surface area (Å²) >= 11 is 0. The molecule has 0 spiro atoms. The van der Waals surface area contributed by atoms with Crippen LogP contribution >= 0.6 is 0 Å². The van der Waals surface area contributed by atoms with Gasteiger partial charge in [-0.25, -0.2) is 0 Å². The van der Waals surface area contributed by atoms with Crippen LogP contribution in [0.5, 0.6) is 5.75 Å². The van der Waals surface area contributed by atoms with E-state index in [1.165, 1.54) is 6.08 Å². The fourth-order valence-corrected chi connectivity index (χ4v) is 3.43. The van der Waals surface area contributed by atoms with Gasteiger partial charge in [0.25, 0.3) is 0 Å². The number of anilines is 1. The van der Waals surface area contributed by atoms with Crippen molar-refractivity contribution in [1.29, 1.82) is 0 Å². The summed E-state index contributed by atoms with van der Waals surface area (Å²) in [5.74, 6) is 0.0519. The summed E-state index contributed by atoms with van der Waals surface area (Å²) in [6.45, 7) is 2.71. The van der Waals surface area contributed by atoms with E-state index in [-0.39, 0.29) is 17.5 Å². The maximum absolute atomic E-state index is 12.8. The Labute approximate surface area is 180 Å². The van der Waals surface area contributed by atoms with Crippen molar-refractivity contribution in [2.24, 2.45) is 0 Å². The van der Waals surface area contributed by atoms with Gasteiger partial charge in [-0.05, 0) is 48.4 Å². The number of carbonyl (C=O) groups excluding carboxylic acids is 3. The first-order valence-electron chi connectivity index (χ1n) is 10.1. The summed E-state index contributed by atoms with van der Waals surface area (Å²) in [6.07, 6.45) is 4.06. The minimum atomic E-state index is -0.332. The standard InChI is InChI=1S/C26H21NO4/c1-2-15-31-19-11-7-17(8-12-19)9-14-24(28)27-18-10-13-22-23(16-18)26(30)21-6-4-3-5-20(21)25(22)29/h3-14,16H,2,15H2,1H3,(H,27,28)/b14-9+. The molecular formula is C26H21NO4. The molecule has 0 saturated heterocycles. The first-order chi connectivity index (χ1) is 15.1. The third kappa shape index (κ3) is 4.31. The molecule has 1 amide bonds. The molecule has 0 saturated carbocycles. The molecule has 154 valence electrons. The number of amides is 1. The molecule has 1 N–H and O–H groups in total. The molecule has 3 aromatic carbocycles. The summed E-state index contributed by atoms with van der Waals surface area (Å²) in [6, 6.07) is 19.0. The van der Waals surface area contributed by atoms with Crippen LogP contribution in [-0.4, -0.2) is 24.1 Å². The van der Waals surface area contributed by atoms with Crippen molar-refractivity contribution in [2.45, 2.75) is 13.3 Å². The molecule has 0 atom stereocenters. The van der Waals surface area contributed by atoms with Gasteiger partial charge in [-0.1, -0.05) is 43.3 Å². The molecular weight excluding hydrogens is 390 g/mol. The average Bonchev–Trinajstić information content (AvgIpc) is 2.80. The maximum atomic E-state index is 12.8. The van der Waals surface area contributed by atoms with Gasteiger partial charge >= 0.3 is 0 Å². The number of benzene rings is 3. The monoisotopic (exact) mass is 411 g/mol. The zero-order valence-electron chi connectivity index (χ0n) is 17.1. The van der Waals surface area contributed by atoms with Crippen LogP contribution in [-0.2, 0) is 4.79 Å². The molecule has 5 nitrogen and oxygen atoms in total. The number of ketones is 2. The summed E-state index contributed by atoms with van der Waals surface area (Å²) in [4.78, 5) is 37.8. The normalized spacial score (nSPS) is 12.4. The number of ether oxygens (including phenoxy) is 1. The van der Waals surface area contributed by atoms with Gasteiger partial charge in [-0.15, -0.1) is 0 Å². The van der Waals surface area contributed by atoms with E-state index in [9.17, 15) is 14.4 Å². The number of rotatable bonds is 6. The SMILES string of the molecule is CCCOc1ccc(/C=C/C(=O)Nc2ccc3c(c2)C(=O)c2ccccc2C3=O)cc1. The Morgan fingerprint density at radius 3 is 2.19 bits per heavy atom. The van der Waals surface area contributed by atoms with E-state index in [0.29, 0.717) is 34.5 Å². The van der Waals surface area contributed by atoms with E-state index in [1.54, 1.807) is 48.5 Å². The molecule has 0 aliphatic heterocycles. The van der Waals surface area contributed by atoms with E-state index < -0.39 is 0 Å². The highest BCUT2D eigenvalue weighted by Crippen LogP contribution is 2.29. The van der Waals surface area contributed by atoms with E-state index in [2.05, 4.69) is 5.32 Å². The van der Waals surface area contributed by atoms with E-state index in [0.717, 1.165) is 17.7 Å². The van der Waals surface area contributed by atoms with Gasteiger partial charge in [0.05, 0.1) is 6.61 Å². The predicted octanol–water partition coefficient (Wildman–Crippen LogP) is 4.90. The van der Waals surface area contributed by atoms with Gasteiger partial charge in [0, 0.05) is 34.0 Å². The van der Waals surface area contributed by atoms with Crippen molar-refractivity contribution >= 4 is 29.2 Å². The topological polar surface area (TPSA) is 72.5 Å². The van der Waals surface area contributed by atoms with Crippen LogP contribution in [0.25, 0.3) is 6.08 Å². The van der Waals surface area contributed by atoms with Crippen LogP contribution in [0, 0.1) is 0 Å². The third-order valence-corrected chi connectivity index (χ3v) is 4.97. The van der Waals surface area contributed by atoms with Crippen LogP contribution in [0.1, 0.15) is 50.8 Å². The molecule has 1 aliphatic carbocycles. The molecule has 5 heteroatoms. The molecule has 1 aliphatic rings. The number of hydrogen-bond donors (Lipinski definition) is 1. The quantitative estimate of drug-likeness (QED) is 0.458. The largest absolute Gasteiger partial charge is 0.494 e. The second-order valence-electron chi connectivity index (χ2n) is 7.20. The van der Waals surface area contributed by atoms with E-state index >= 15 is 0 Å². The van der Waals surface area contributed by atoms with E-state index in [4.69, 9.17) is 4.74 Å². The van der Waals surface area contributed by atoms with Gasteiger partial charge in [0.1, 0.15) is 5.75 Å². The van der Waals surface area contributed by atoms with Crippen LogP contribution in [0.15, 0.2) is 72.8 Å². The lowest BCUT2D eigenvalue weighted by Crippen LogP contribution is -2.21. The van der Waals surface area contributed by atoms with Crippen LogP contribution in [0.3, 0.4) is 0 Å². The van der Waals surface area contributed by atoms with Crippen molar-refractivity contribution in [1.82, 2.24) is 0 Å². The predicted molar refractivity (Wildman–Crippen MR) is 120 cm³/mol. The Morgan fingerprint density at radius 2 is 1.52 bits per heavy atom. The van der Waals surface area contributed by atoms with Gasteiger partial charge in [0.2, 0.25) is 5.91 Å². The summed E-state index contributed by atoms with van der Waals surface area (Å²) in [5.41, 5.74) is 2.76. The Morgan fingerprint density at radius 1 is 0.871 bits per heavy atom. The lowest BCUT2D eigenvalue weighted by atomic mass is 9.84. The molecule has 0 aromatic heterocycles. The molecule has 0 radical (unpaired) electrons. The Bertz CT molecular complexity index is 1190. The summed E-state index contributed by atoms with van der Waals surface area (Å²) < 4.78 is 5.54. The average molecular weight is 411 g/mol. The number of fused-ring (bicyclic) bond motifs is 2. The van der Waals surface area contributed by atoms with Crippen LogP contribution < -0.4 is 10.1 Å². The van der Waals surface area contributed by atoms with Gasteiger partial charge in [0.15, 0.2) is 11.6 Å². The minimum Gasteiger partial charge on any atom is -0.494 e. The molecule has 0 fully saturated rings. The molecule has 0 heterocycles. The molecule has 31 heavy (non-hydrogen) atoms. The molecule has 4 rings (SSSR count). The third-order valence-electron chi connectivity index (χ3n) is 4.97. The Kier molecular flexibility index (Phi) is 5.76.